The molecule has 0 aliphatic carbocycles. The topological polar surface area (TPSA) is 92.0 Å². The largest absolute Gasteiger partial charge is 0.483 e. The molecule has 1 aliphatic rings. The molecule has 2 aromatic rings. The second kappa shape index (κ2) is 8.41. The van der Waals surface area contributed by atoms with Crippen LogP contribution in [0.3, 0.4) is 0 Å². The number of ether oxygens (including phenoxy) is 3. The quantitative estimate of drug-likeness (QED) is 0.407. The van der Waals surface area contributed by atoms with E-state index >= 15 is 0 Å². The summed E-state index contributed by atoms with van der Waals surface area (Å²) < 4.78 is 23.0. The molecule has 0 unspecified atom stereocenters. The molecule has 164 valence electrons. The van der Waals surface area contributed by atoms with Crippen LogP contribution in [-0.2, 0) is 19.1 Å². The lowest BCUT2D eigenvalue weighted by Gasteiger charge is -2.43. The van der Waals surface area contributed by atoms with Crippen molar-refractivity contribution in [2.24, 2.45) is 0 Å². The second-order valence-electron chi connectivity index (χ2n) is 7.98. The van der Waals surface area contributed by atoms with Crippen molar-refractivity contribution in [3.8, 4) is 5.75 Å². The third-order valence-electron chi connectivity index (χ3n) is 5.37. The molecule has 2 heterocycles. The summed E-state index contributed by atoms with van der Waals surface area (Å²) in [6.45, 7) is 10.3. The Morgan fingerprint density at radius 1 is 1.00 bits per heavy atom. The van der Waals surface area contributed by atoms with E-state index < -0.39 is 35.4 Å². The van der Waals surface area contributed by atoms with E-state index in [4.69, 9.17) is 18.6 Å². The van der Waals surface area contributed by atoms with E-state index in [9.17, 15) is 14.4 Å². The van der Waals surface area contributed by atoms with Crippen molar-refractivity contribution in [3.05, 3.63) is 63.5 Å². The molecule has 1 aliphatic heterocycles. The molecule has 0 radical (unpaired) electrons. The smallest absolute Gasteiger partial charge is 0.336 e. The summed E-state index contributed by atoms with van der Waals surface area (Å²) in [5.74, 6) is -0.666. The summed E-state index contributed by atoms with van der Waals surface area (Å²) in [7, 11) is 0. The first-order valence-electron chi connectivity index (χ1n) is 10.0. The van der Waals surface area contributed by atoms with Crippen LogP contribution in [0.25, 0.3) is 11.0 Å². The molecule has 0 saturated heterocycles. The highest BCUT2D eigenvalue weighted by Gasteiger charge is 2.49. The van der Waals surface area contributed by atoms with Gasteiger partial charge in [-0.15, -0.1) is 0 Å². The predicted octanol–water partition coefficient (Wildman–Crippen LogP) is 4.39. The van der Waals surface area contributed by atoms with Crippen molar-refractivity contribution in [3.63, 3.8) is 0 Å². The molecule has 0 fully saturated rings. The number of hydrogen-bond donors (Lipinski definition) is 0. The maximum absolute atomic E-state index is 12.6. The molecule has 7 heteroatoms. The number of allylic oxidation sites excluding steroid dienone is 2. The summed E-state index contributed by atoms with van der Waals surface area (Å²) in [4.78, 5) is 36.8. The van der Waals surface area contributed by atoms with E-state index in [-0.39, 0.29) is 0 Å². The Labute approximate surface area is 180 Å². The van der Waals surface area contributed by atoms with E-state index in [0.29, 0.717) is 33.4 Å². The molecule has 1 aromatic heterocycles. The number of carbonyl (C=O) groups excluding carboxylic acids is 2. The van der Waals surface area contributed by atoms with E-state index in [1.165, 1.54) is 6.07 Å². The van der Waals surface area contributed by atoms with E-state index in [0.717, 1.165) is 0 Å². The molecule has 1 aromatic carbocycles. The van der Waals surface area contributed by atoms with Gasteiger partial charge in [0, 0.05) is 34.2 Å². The van der Waals surface area contributed by atoms with Crippen molar-refractivity contribution in [2.75, 3.05) is 0 Å². The van der Waals surface area contributed by atoms with Crippen molar-refractivity contribution in [1.29, 1.82) is 0 Å². The summed E-state index contributed by atoms with van der Waals surface area (Å²) >= 11 is 0. The highest BCUT2D eigenvalue weighted by Crippen LogP contribution is 2.45. The molecule has 0 saturated carbocycles. The molecule has 0 amide bonds. The van der Waals surface area contributed by atoms with Crippen LogP contribution < -0.4 is 10.4 Å². The fourth-order valence-corrected chi connectivity index (χ4v) is 3.28. The third-order valence-corrected chi connectivity index (χ3v) is 5.37. The first-order chi connectivity index (χ1) is 14.6. The number of fused-ring (bicyclic) bond motifs is 2. The van der Waals surface area contributed by atoms with Crippen LogP contribution in [0.1, 0.15) is 53.2 Å². The average molecular weight is 426 g/mol. The Kier molecular flexibility index (Phi) is 6.06. The highest BCUT2D eigenvalue weighted by atomic mass is 16.6. The minimum Gasteiger partial charge on any atom is -0.483 e. The van der Waals surface area contributed by atoms with Crippen LogP contribution >= 0.6 is 0 Å². The van der Waals surface area contributed by atoms with Gasteiger partial charge in [0.1, 0.15) is 16.9 Å². The molecular weight excluding hydrogens is 400 g/mol. The van der Waals surface area contributed by atoms with E-state index in [2.05, 4.69) is 0 Å². The number of hydrogen-bond acceptors (Lipinski definition) is 7. The first-order valence-corrected chi connectivity index (χ1v) is 10.0. The number of benzene rings is 1. The number of esters is 2. The van der Waals surface area contributed by atoms with Crippen molar-refractivity contribution in [2.45, 2.75) is 59.4 Å². The summed E-state index contributed by atoms with van der Waals surface area (Å²) in [5, 5.41) is 0.625. The minimum atomic E-state index is -1.03. The Hall–Kier alpha value is -3.35. The van der Waals surface area contributed by atoms with Gasteiger partial charge in [0.05, 0.1) is 0 Å². The van der Waals surface area contributed by atoms with Gasteiger partial charge >= 0.3 is 17.6 Å². The summed E-state index contributed by atoms with van der Waals surface area (Å²) in [5.41, 5.74) is 0.200. The minimum absolute atomic E-state index is 0.344. The average Bonchev–Trinajstić information content (AvgIpc) is 2.73. The standard InChI is InChI=1S/C24H26O7/c1-7-13(3)22(26)29-20-16-11-15-9-10-19(25)28-17(15)12-18(16)31-24(5,6)21(20)30-23(27)14(4)8-2/h7-12,20-21H,1-6H3/b13-7-,14-8+/t20-,21-/m1/s1. The van der Waals surface area contributed by atoms with Crippen molar-refractivity contribution >= 4 is 22.9 Å². The van der Waals surface area contributed by atoms with E-state index in [1.54, 1.807) is 71.9 Å². The Balaban J connectivity index is 2.16. The molecule has 0 N–H and O–H groups in total. The number of rotatable bonds is 4. The first kappa shape index (κ1) is 22.3. The third kappa shape index (κ3) is 4.40. The molecule has 0 bridgehead atoms. The monoisotopic (exact) mass is 426 g/mol. The van der Waals surface area contributed by atoms with Gasteiger partial charge in [-0.05, 0) is 53.7 Å². The molecule has 7 nitrogen and oxygen atoms in total. The van der Waals surface area contributed by atoms with Gasteiger partial charge in [0.2, 0.25) is 0 Å². The Morgan fingerprint density at radius 3 is 2.23 bits per heavy atom. The summed E-state index contributed by atoms with van der Waals surface area (Å²) in [6.07, 6.45) is 1.46. The predicted molar refractivity (Wildman–Crippen MR) is 115 cm³/mol. The van der Waals surface area contributed by atoms with Gasteiger partial charge in [0.15, 0.2) is 12.2 Å². The van der Waals surface area contributed by atoms with Crippen LogP contribution in [0, 0.1) is 0 Å². The van der Waals surface area contributed by atoms with Crippen molar-refractivity contribution < 1.29 is 28.2 Å². The maximum Gasteiger partial charge on any atom is 0.336 e. The van der Waals surface area contributed by atoms with Gasteiger partial charge < -0.3 is 18.6 Å². The van der Waals surface area contributed by atoms with Gasteiger partial charge in [-0.1, -0.05) is 12.2 Å². The zero-order chi connectivity index (χ0) is 22.9. The Bertz CT molecular complexity index is 1150. The normalized spacial score (nSPS) is 20.6. The van der Waals surface area contributed by atoms with Gasteiger partial charge in [-0.3, -0.25) is 0 Å². The zero-order valence-corrected chi connectivity index (χ0v) is 18.5. The lowest BCUT2D eigenvalue weighted by molar-refractivity contribution is -0.185. The van der Waals surface area contributed by atoms with Crippen LogP contribution in [0.4, 0.5) is 0 Å². The molecule has 0 spiro atoms. The highest BCUT2D eigenvalue weighted by molar-refractivity contribution is 5.89. The zero-order valence-electron chi connectivity index (χ0n) is 18.5. The maximum atomic E-state index is 12.6. The summed E-state index contributed by atoms with van der Waals surface area (Å²) in [6, 6.07) is 6.23. The van der Waals surface area contributed by atoms with Gasteiger partial charge in [0.25, 0.3) is 0 Å². The van der Waals surface area contributed by atoms with Gasteiger partial charge in [-0.25, -0.2) is 14.4 Å². The van der Waals surface area contributed by atoms with E-state index in [1.807, 2.05) is 0 Å². The van der Waals surface area contributed by atoms with Crippen LogP contribution in [-0.4, -0.2) is 23.6 Å². The Morgan fingerprint density at radius 2 is 1.61 bits per heavy atom. The molecule has 2 atom stereocenters. The second-order valence-corrected chi connectivity index (χ2v) is 7.98. The van der Waals surface area contributed by atoms with Crippen molar-refractivity contribution in [1.82, 2.24) is 0 Å². The fourth-order valence-electron chi connectivity index (χ4n) is 3.28. The van der Waals surface area contributed by atoms with Gasteiger partial charge in [-0.2, -0.15) is 0 Å². The fraction of sp³-hybridized carbons (Fsp3) is 0.375. The molecule has 31 heavy (non-hydrogen) atoms. The SMILES string of the molecule is C/C=C(/C)C(=O)O[C@@H]1c2cc3ccc(=O)oc3cc2OC(C)(C)[C@@H]1OC(=O)/C(C)=C/C. The lowest BCUT2D eigenvalue weighted by Crippen LogP contribution is -2.52. The molecule has 3 rings (SSSR count). The number of carbonyl (C=O) groups is 2. The van der Waals surface area contributed by atoms with Crippen LogP contribution in [0.5, 0.6) is 5.75 Å². The van der Waals surface area contributed by atoms with Crippen LogP contribution in [0.15, 0.2) is 56.8 Å². The lowest BCUT2D eigenvalue weighted by atomic mass is 9.87. The molecular formula is C24H26O7. The van der Waals surface area contributed by atoms with Crippen LogP contribution in [0.2, 0.25) is 0 Å².